The molecule has 0 aliphatic heterocycles. The fourth-order valence-corrected chi connectivity index (χ4v) is 2.07. The topological polar surface area (TPSA) is 70.1 Å². The van der Waals surface area contributed by atoms with Gasteiger partial charge in [0.15, 0.2) is 0 Å². The van der Waals surface area contributed by atoms with E-state index in [4.69, 9.17) is 10.5 Å². The first-order chi connectivity index (χ1) is 9.51. The zero-order valence-electron chi connectivity index (χ0n) is 12.0. The molecule has 0 saturated heterocycles. The van der Waals surface area contributed by atoms with E-state index in [1.807, 2.05) is 16.9 Å². The summed E-state index contributed by atoms with van der Waals surface area (Å²) in [5, 5.41) is 4.31. The molecular formula is C15H19N3O2. The van der Waals surface area contributed by atoms with Gasteiger partial charge < -0.3 is 10.5 Å². The number of hydrogen-bond donors (Lipinski definition) is 1. The minimum Gasteiger partial charge on any atom is -0.465 e. The molecule has 106 valence electrons. The molecule has 5 nitrogen and oxygen atoms in total. The van der Waals surface area contributed by atoms with E-state index in [0.29, 0.717) is 17.2 Å². The van der Waals surface area contributed by atoms with Crippen molar-refractivity contribution in [1.82, 2.24) is 9.78 Å². The second kappa shape index (κ2) is 5.77. The van der Waals surface area contributed by atoms with Gasteiger partial charge in [0.05, 0.1) is 18.9 Å². The molecular weight excluding hydrogens is 254 g/mol. The van der Waals surface area contributed by atoms with Gasteiger partial charge in [0.25, 0.3) is 0 Å². The van der Waals surface area contributed by atoms with E-state index in [1.54, 1.807) is 18.3 Å². The minimum atomic E-state index is -0.399. The molecule has 0 atom stereocenters. The molecule has 0 radical (unpaired) electrons. The van der Waals surface area contributed by atoms with Gasteiger partial charge in [-0.25, -0.2) is 4.79 Å². The predicted molar refractivity (Wildman–Crippen MR) is 78.3 cm³/mol. The molecule has 0 fully saturated rings. The lowest BCUT2D eigenvalue weighted by Gasteiger charge is -2.07. The fraction of sp³-hybridized carbons (Fsp3) is 0.333. The monoisotopic (exact) mass is 273 g/mol. The third kappa shape index (κ3) is 2.99. The zero-order chi connectivity index (χ0) is 14.7. The van der Waals surface area contributed by atoms with E-state index >= 15 is 0 Å². The molecule has 5 heteroatoms. The molecule has 0 aliphatic rings. The Hall–Kier alpha value is -2.30. The molecule has 1 heterocycles. The standard InChI is InChI=1S/C15H19N3O2/c1-10(2)8-18-9-11(7-17-18)13-5-4-12(16)6-14(13)15(19)20-3/h4-7,9-10H,8,16H2,1-3H3. The van der Waals surface area contributed by atoms with Crippen LogP contribution in [0, 0.1) is 5.92 Å². The van der Waals surface area contributed by atoms with Gasteiger partial charge in [-0.15, -0.1) is 0 Å². The highest BCUT2D eigenvalue weighted by atomic mass is 16.5. The van der Waals surface area contributed by atoms with Crippen LogP contribution in [-0.4, -0.2) is 22.9 Å². The smallest absolute Gasteiger partial charge is 0.338 e. The van der Waals surface area contributed by atoms with Crippen molar-refractivity contribution in [2.75, 3.05) is 12.8 Å². The lowest BCUT2D eigenvalue weighted by molar-refractivity contribution is 0.0601. The van der Waals surface area contributed by atoms with Gasteiger partial charge in [0.2, 0.25) is 0 Å². The highest BCUT2D eigenvalue weighted by Crippen LogP contribution is 2.26. The zero-order valence-corrected chi connectivity index (χ0v) is 12.0. The van der Waals surface area contributed by atoms with Crippen molar-refractivity contribution >= 4 is 11.7 Å². The second-order valence-corrected chi connectivity index (χ2v) is 5.14. The fourth-order valence-electron chi connectivity index (χ4n) is 2.07. The van der Waals surface area contributed by atoms with E-state index in [1.165, 1.54) is 7.11 Å². The van der Waals surface area contributed by atoms with Crippen LogP contribution in [0.3, 0.4) is 0 Å². The number of esters is 1. The number of rotatable bonds is 4. The van der Waals surface area contributed by atoms with Crippen LogP contribution in [0.15, 0.2) is 30.6 Å². The molecule has 2 aromatic rings. The third-order valence-electron chi connectivity index (χ3n) is 2.95. The molecule has 0 unspecified atom stereocenters. The van der Waals surface area contributed by atoms with E-state index in [0.717, 1.165) is 17.7 Å². The summed E-state index contributed by atoms with van der Waals surface area (Å²) in [6.07, 6.45) is 3.68. The van der Waals surface area contributed by atoms with Gasteiger partial charge in [-0.05, 0) is 23.6 Å². The number of carbonyl (C=O) groups is 1. The largest absolute Gasteiger partial charge is 0.465 e. The number of nitrogens with zero attached hydrogens (tertiary/aromatic N) is 2. The Morgan fingerprint density at radius 1 is 1.45 bits per heavy atom. The van der Waals surface area contributed by atoms with E-state index in [2.05, 4.69) is 18.9 Å². The van der Waals surface area contributed by atoms with Crippen molar-refractivity contribution < 1.29 is 9.53 Å². The molecule has 0 aliphatic carbocycles. The Balaban J connectivity index is 2.41. The number of anilines is 1. The highest BCUT2D eigenvalue weighted by molar-refractivity contribution is 5.98. The molecule has 0 spiro atoms. The second-order valence-electron chi connectivity index (χ2n) is 5.14. The summed E-state index contributed by atoms with van der Waals surface area (Å²) in [4.78, 5) is 11.8. The van der Waals surface area contributed by atoms with Crippen LogP contribution in [0.2, 0.25) is 0 Å². The van der Waals surface area contributed by atoms with E-state index in [-0.39, 0.29) is 0 Å². The highest BCUT2D eigenvalue weighted by Gasteiger charge is 2.15. The van der Waals surface area contributed by atoms with E-state index in [9.17, 15) is 4.79 Å². The Morgan fingerprint density at radius 3 is 2.85 bits per heavy atom. The average Bonchev–Trinajstić information content (AvgIpc) is 2.85. The van der Waals surface area contributed by atoms with Crippen molar-refractivity contribution in [2.24, 2.45) is 5.92 Å². The number of methoxy groups -OCH3 is 1. The van der Waals surface area contributed by atoms with Crippen LogP contribution in [0.5, 0.6) is 0 Å². The molecule has 20 heavy (non-hydrogen) atoms. The van der Waals surface area contributed by atoms with Crippen molar-refractivity contribution in [3.05, 3.63) is 36.2 Å². The summed E-state index contributed by atoms with van der Waals surface area (Å²) in [5.74, 6) is 0.109. The number of nitrogens with two attached hydrogens (primary N) is 1. The Labute approximate surface area is 118 Å². The SMILES string of the molecule is COC(=O)c1cc(N)ccc1-c1cnn(CC(C)C)c1. The number of carbonyl (C=O) groups excluding carboxylic acids is 1. The van der Waals surface area contributed by atoms with Gasteiger partial charge in [-0.2, -0.15) is 5.10 Å². The maximum atomic E-state index is 11.8. The quantitative estimate of drug-likeness (QED) is 0.686. The number of ether oxygens (including phenoxy) is 1. The summed E-state index contributed by atoms with van der Waals surface area (Å²) in [6.45, 7) is 5.09. The van der Waals surface area contributed by atoms with Gasteiger partial charge in [-0.1, -0.05) is 19.9 Å². The Kier molecular flexibility index (Phi) is 4.08. The van der Waals surface area contributed by atoms with Crippen LogP contribution in [-0.2, 0) is 11.3 Å². The Bertz CT molecular complexity index is 617. The summed E-state index contributed by atoms with van der Waals surface area (Å²) in [6, 6.07) is 5.21. The van der Waals surface area contributed by atoms with Crippen LogP contribution in [0.4, 0.5) is 5.69 Å². The maximum Gasteiger partial charge on any atom is 0.338 e. The van der Waals surface area contributed by atoms with Crippen molar-refractivity contribution in [3.8, 4) is 11.1 Å². The van der Waals surface area contributed by atoms with Crippen molar-refractivity contribution in [2.45, 2.75) is 20.4 Å². The molecule has 1 aromatic carbocycles. The van der Waals surface area contributed by atoms with Crippen molar-refractivity contribution in [3.63, 3.8) is 0 Å². The van der Waals surface area contributed by atoms with E-state index < -0.39 is 5.97 Å². The first kappa shape index (κ1) is 14.1. The first-order valence-corrected chi connectivity index (χ1v) is 6.52. The molecule has 0 saturated carbocycles. The van der Waals surface area contributed by atoms with Gasteiger partial charge in [0, 0.05) is 24.0 Å². The molecule has 2 N–H and O–H groups in total. The number of hydrogen-bond acceptors (Lipinski definition) is 4. The normalized spacial score (nSPS) is 10.8. The molecule has 1 aromatic heterocycles. The summed E-state index contributed by atoms with van der Waals surface area (Å²) >= 11 is 0. The lowest BCUT2D eigenvalue weighted by atomic mass is 10.0. The predicted octanol–water partition coefficient (Wildman–Crippen LogP) is 2.57. The number of benzene rings is 1. The summed E-state index contributed by atoms with van der Waals surface area (Å²) < 4.78 is 6.68. The molecule has 0 amide bonds. The van der Waals surface area contributed by atoms with Gasteiger partial charge in [-0.3, -0.25) is 4.68 Å². The Morgan fingerprint density at radius 2 is 2.20 bits per heavy atom. The maximum absolute atomic E-state index is 11.8. The minimum absolute atomic E-state index is 0.399. The van der Waals surface area contributed by atoms with Crippen LogP contribution >= 0.6 is 0 Å². The van der Waals surface area contributed by atoms with Crippen molar-refractivity contribution in [1.29, 1.82) is 0 Å². The average molecular weight is 273 g/mol. The number of aromatic nitrogens is 2. The molecule has 2 rings (SSSR count). The lowest BCUT2D eigenvalue weighted by Crippen LogP contribution is -2.05. The van der Waals surface area contributed by atoms with Gasteiger partial charge in [0.1, 0.15) is 0 Å². The van der Waals surface area contributed by atoms with Crippen LogP contribution < -0.4 is 5.73 Å². The van der Waals surface area contributed by atoms with Crippen LogP contribution in [0.25, 0.3) is 11.1 Å². The van der Waals surface area contributed by atoms with Gasteiger partial charge >= 0.3 is 5.97 Å². The summed E-state index contributed by atoms with van der Waals surface area (Å²) in [5.41, 5.74) is 8.39. The molecule has 0 bridgehead atoms. The first-order valence-electron chi connectivity index (χ1n) is 6.52. The number of nitrogen functional groups attached to an aromatic ring is 1. The van der Waals surface area contributed by atoms with Crippen LogP contribution in [0.1, 0.15) is 24.2 Å². The third-order valence-corrected chi connectivity index (χ3v) is 2.95. The summed E-state index contributed by atoms with van der Waals surface area (Å²) in [7, 11) is 1.36.